The summed E-state index contributed by atoms with van der Waals surface area (Å²) < 4.78 is 1.91. The highest BCUT2D eigenvalue weighted by atomic mass is 16.4. The summed E-state index contributed by atoms with van der Waals surface area (Å²) in [5.41, 5.74) is 0.660. The molecule has 124 valence electrons. The van der Waals surface area contributed by atoms with Crippen molar-refractivity contribution in [3.05, 3.63) is 18.0 Å². The van der Waals surface area contributed by atoms with Crippen LogP contribution in [0.1, 0.15) is 61.5 Å². The van der Waals surface area contributed by atoms with E-state index in [1.807, 2.05) is 15.6 Å². The Kier molecular flexibility index (Phi) is 3.43. The summed E-state index contributed by atoms with van der Waals surface area (Å²) in [6.45, 7) is 1.33. The maximum Gasteiger partial charge on any atom is 0.307 e. The smallest absolute Gasteiger partial charge is 0.307 e. The topological polar surface area (TPSA) is 75.4 Å². The third-order valence-corrected chi connectivity index (χ3v) is 6.09. The van der Waals surface area contributed by atoms with E-state index in [0.717, 1.165) is 32.1 Å². The number of likely N-dealkylation sites (tertiary alicyclic amines) is 1. The number of carboxylic acid groups (broad SMARTS) is 1. The number of hydrogen-bond acceptors (Lipinski definition) is 3. The average molecular weight is 317 g/mol. The van der Waals surface area contributed by atoms with Crippen LogP contribution in [0, 0.1) is 11.3 Å². The van der Waals surface area contributed by atoms with Gasteiger partial charge in [-0.3, -0.25) is 14.3 Å². The minimum Gasteiger partial charge on any atom is -0.481 e. The van der Waals surface area contributed by atoms with Crippen LogP contribution in [-0.2, 0) is 4.79 Å². The van der Waals surface area contributed by atoms with Crippen LogP contribution in [0.25, 0.3) is 0 Å². The molecule has 1 aromatic rings. The van der Waals surface area contributed by atoms with Gasteiger partial charge in [-0.2, -0.15) is 5.10 Å². The molecule has 6 heteroatoms. The standard InChI is InChI=1S/C17H23N3O3/c21-15(14-5-8-18-20(14)12-3-1-2-4-12)19-9-6-17(7-10-19)11-13(17)16(22)23/h5,8,12-13H,1-4,6-7,9-11H2,(H,22,23)/t13-/m0/s1. The van der Waals surface area contributed by atoms with Crippen LogP contribution >= 0.6 is 0 Å². The Morgan fingerprint density at radius 2 is 1.91 bits per heavy atom. The second-order valence-corrected chi connectivity index (χ2v) is 7.35. The van der Waals surface area contributed by atoms with Crippen molar-refractivity contribution in [2.75, 3.05) is 13.1 Å². The van der Waals surface area contributed by atoms with Gasteiger partial charge in [-0.25, -0.2) is 0 Å². The molecule has 1 amide bonds. The van der Waals surface area contributed by atoms with E-state index in [2.05, 4.69) is 5.10 Å². The number of aromatic nitrogens is 2. The molecule has 0 aromatic carbocycles. The van der Waals surface area contributed by atoms with Crippen molar-refractivity contribution in [2.45, 2.75) is 51.0 Å². The third kappa shape index (κ3) is 2.44. The van der Waals surface area contributed by atoms with Crippen molar-refractivity contribution in [2.24, 2.45) is 11.3 Å². The lowest BCUT2D eigenvalue weighted by atomic mass is 9.90. The van der Waals surface area contributed by atoms with Crippen LogP contribution in [0.4, 0.5) is 0 Å². The van der Waals surface area contributed by atoms with Gasteiger partial charge in [0.05, 0.1) is 12.0 Å². The maximum atomic E-state index is 12.8. The summed E-state index contributed by atoms with van der Waals surface area (Å²) in [5.74, 6) is -0.815. The van der Waals surface area contributed by atoms with E-state index in [1.54, 1.807) is 6.20 Å². The van der Waals surface area contributed by atoms with E-state index in [0.29, 0.717) is 24.8 Å². The Balaban J connectivity index is 1.43. The summed E-state index contributed by atoms with van der Waals surface area (Å²) >= 11 is 0. The molecule has 2 heterocycles. The summed E-state index contributed by atoms with van der Waals surface area (Å²) in [6.07, 6.45) is 8.75. The second kappa shape index (κ2) is 5.35. The van der Waals surface area contributed by atoms with Crippen molar-refractivity contribution in [1.29, 1.82) is 0 Å². The molecule has 1 atom stereocenters. The van der Waals surface area contributed by atoms with E-state index in [9.17, 15) is 9.59 Å². The van der Waals surface area contributed by atoms with Gasteiger partial charge in [-0.05, 0) is 43.6 Å². The molecule has 2 aliphatic carbocycles. The zero-order valence-corrected chi connectivity index (χ0v) is 13.3. The number of piperidine rings is 1. The molecule has 6 nitrogen and oxygen atoms in total. The van der Waals surface area contributed by atoms with Crippen LogP contribution in [0.5, 0.6) is 0 Å². The largest absolute Gasteiger partial charge is 0.481 e. The molecular formula is C17H23N3O3. The minimum atomic E-state index is -0.677. The zero-order valence-electron chi connectivity index (χ0n) is 13.3. The minimum absolute atomic E-state index is 0.0334. The van der Waals surface area contributed by atoms with Crippen LogP contribution in [0.2, 0.25) is 0 Å². The fourth-order valence-electron chi connectivity index (χ4n) is 4.49. The first-order valence-electron chi connectivity index (χ1n) is 8.66. The van der Waals surface area contributed by atoms with E-state index >= 15 is 0 Å². The number of carbonyl (C=O) groups excluding carboxylic acids is 1. The highest BCUT2D eigenvalue weighted by Gasteiger charge is 2.59. The molecule has 1 aliphatic heterocycles. The van der Waals surface area contributed by atoms with Gasteiger partial charge in [0.1, 0.15) is 5.69 Å². The van der Waals surface area contributed by atoms with Gasteiger partial charge >= 0.3 is 5.97 Å². The summed E-state index contributed by atoms with van der Waals surface area (Å²) in [4.78, 5) is 25.9. The van der Waals surface area contributed by atoms with Crippen LogP contribution in [0.15, 0.2) is 12.3 Å². The van der Waals surface area contributed by atoms with E-state index in [-0.39, 0.29) is 17.2 Å². The Labute approximate surface area is 135 Å². The van der Waals surface area contributed by atoms with Gasteiger partial charge in [0.25, 0.3) is 5.91 Å². The first-order valence-corrected chi connectivity index (χ1v) is 8.66. The zero-order chi connectivity index (χ0) is 16.0. The van der Waals surface area contributed by atoms with Gasteiger partial charge in [0.15, 0.2) is 0 Å². The third-order valence-electron chi connectivity index (χ3n) is 6.09. The summed E-state index contributed by atoms with van der Waals surface area (Å²) in [7, 11) is 0. The molecule has 3 aliphatic rings. The maximum absolute atomic E-state index is 12.8. The number of aliphatic carboxylic acids is 1. The fourth-order valence-corrected chi connectivity index (χ4v) is 4.49. The molecule has 1 aromatic heterocycles. The van der Waals surface area contributed by atoms with Crippen molar-refractivity contribution >= 4 is 11.9 Å². The molecule has 0 bridgehead atoms. The van der Waals surface area contributed by atoms with Gasteiger partial charge < -0.3 is 10.0 Å². The molecular weight excluding hydrogens is 294 g/mol. The number of hydrogen-bond donors (Lipinski definition) is 1. The molecule has 1 N–H and O–H groups in total. The first kappa shape index (κ1) is 14.7. The average Bonchev–Trinajstić information content (AvgIpc) is 2.97. The van der Waals surface area contributed by atoms with Gasteiger partial charge in [-0.1, -0.05) is 12.8 Å². The Morgan fingerprint density at radius 1 is 1.22 bits per heavy atom. The highest BCUT2D eigenvalue weighted by molar-refractivity contribution is 5.92. The van der Waals surface area contributed by atoms with Crippen molar-refractivity contribution in [1.82, 2.24) is 14.7 Å². The molecule has 2 saturated carbocycles. The lowest BCUT2D eigenvalue weighted by Crippen LogP contribution is -2.41. The molecule has 4 rings (SSSR count). The second-order valence-electron chi connectivity index (χ2n) is 7.35. The highest BCUT2D eigenvalue weighted by Crippen LogP contribution is 2.59. The molecule has 1 spiro atoms. The van der Waals surface area contributed by atoms with Crippen LogP contribution < -0.4 is 0 Å². The number of carboxylic acids is 1. The predicted octanol–water partition coefficient (Wildman–Crippen LogP) is 2.33. The predicted molar refractivity (Wildman–Crippen MR) is 83.0 cm³/mol. The fraction of sp³-hybridized carbons (Fsp3) is 0.706. The van der Waals surface area contributed by atoms with Crippen molar-refractivity contribution in [3.8, 4) is 0 Å². The summed E-state index contributed by atoms with van der Waals surface area (Å²) in [6, 6.07) is 2.18. The molecule has 0 radical (unpaired) electrons. The van der Waals surface area contributed by atoms with Gasteiger partial charge in [0.2, 0.25) is 0 Å². The van der Waals surface area contributed by atoms with Gasteiger partial charge in [-0.15, -0.1) is 0 Å². The molecule has 1 saturated heterocycles. The Hall–Kier alpha value is -1.85. The number of amides is 1. The normalized spacial score (nSPS) is 26.6. The lowest BCUT2D eigenvalue weighted by Gasteiger charge is -2.33. The van der Waals surface area contributed by atoms with Crippen molar-refractivity contribution < 1.29 is 14.7 Å². The number of rotatable bonds is 3. The molecule has 23 heavy (non-hydrogen) atoms. The Bertz CT molecular complexity index is 625. The van der Waals surface area contributed by atoms with E-state index < -0.39 is 5.97 Å². The lowest BCUT2D eigenvalue weighted by molar-refractivity contribution is -0.139. The molecule has 3 fully saturated rings. The number of nitrogens with zero attached hydrogens (tertiary/aromatic N) is 3. The molecule has 0 unspecified atom stereocenters. The summed E-state index contributed by atoms with van der Waals surface area (Å²) in [5, 5.41) is 13.5. The van der Waals surface area contributed by atoms with E-state index in [4.69, 9.17) is 5.11 Å². The Morgan fingerprint density at radius 3 is 2.52 bits per heavy atom. The van der Waals surface area contributed by atoms with E-state index in [1.165, 1.54) is 12.8 Å². The van der Waals surface area contributed by atoms with Crippen molar-refractivity contribution in [3.63, 3.8) is 0 Å². The van der Waals surface area contributed by atoms with Gasteiger partial charge in [0, 0.05) is 19.3 Å². The monoisotopic (exact) mass is 317 g/mol. The number of carbonyl (C=O) groups is 2. The SMILES string of the molecule is O=C(O)[C@@H]1CC12CCN(C(=O)c1ccnn1C1CCCC1)CC2. The first-order chi connectivity index (χ1) is 11.1. The quantitative estimate of drug-likeness (QED) is 0.928. The van der Waals surface area contributed by atoms with Crippen LogP contribution in [-0.4, -0.2) is 44.8 Å². The van der Waals surface area contributed by atoms with Crippen LogP contribution in [0.3, 0.4) is 0 Å².